The third kappa shape index (κ3) is 5.17. The number of nitrogens with one attached hydrogen (secondary N) is 3. The van der Waals surface area contributed by atoms with Crippen LogP contribution in [0.15, 0.2) is 48.5 Å². The molecule has 0 saturated heterocycles. The summed E-state index contributed by atoms with van der Waals surface area (Å²) in [6.07, 6.45) is -0.942. The number of anilines is 1. The molecule has 0 aliphatic heterocycles. The first kappa shape index (κ1) is 17.6. The molecule has 24 heavy (non-hydrogen) atoms. The number of thiocarbonyl (C=S) groups is 1. The third-order valence-electron chi connectivity index (χ3n) is 2.91. The molecule has 0 aromatic heterocycles. The van der Waals surface area contributed by atoms with Crippen LogP contribution in [0.2, 0.25) is 0 Å². The van der Waals surface area contributed by atoms with Crippen molar-refractivity contribution in [2.45, 2.75) is 13.0 Å². The van der Waals surface area contributed by atoms with Crippen molar-refractivity contribution in [3.63, 3.8) is 0 Å². The molecule has 1 atom stereocenters. The van der Waals surface area contributed by atoms with Crippen molar-refractivity contribution in [2.75, 3.05) is 5.32 Å². The van der Waals surface area contributed by atoms with E-state index < -0.39 is 17.8 Å². The molecular formula is C16H15F2N3O2S. The molecule has 0 heterocycles. The number of ether oxygens (including phenoxy) is 1. The van der Waals surface area contributed by atoms with Crippen molar-refractivity contribution in [3.8, 4) is 5.75 Å². The van der Waals surface area contributed by atoms with Gasteiger partial charge in [-0.3, -0.25) is 15.6 Å². The van der Waals surface area contributed by atoms with Crippen LogP contribution in [0, 0.1) is 11.6 Å². The highest BCUT2D eigenvalue weighted by Gasteiger charge is 2.16. The molecule has 0 radical (unpaired) electrons. The molecule has 0 aliphatic rings. The number of para-hydroxylation sites is 1. The van der Waals surface area contributed by atoms with Gasteiger partial charge in [0.05, 0.1) is 0 Å². The van der Waals surface area contributed by atoms with Crippen LogP contribution in [0.4, 0.5) is 14.5 Å². The molecule has 0 fully saturated rings. The summed E-state index contributed by atoms with van der Waals surface area (Å²) in [5.74, 6) is -1.49. The summed E-state index contributed by atoms with van der Waals surface area (Å²) < 4.78 is 31.5. The van der Waals surface area contributed by atoms with E-state index in [1.54, 1.807) is 6.07 Å². The lowest BCUT2D eigenvalue weighted by molar-refractivity contribution is -0.127. The van der Waals surface area contributed by atoms with E-state index in [0.29, 0.717) is 5.69 Å². The van der Waals surface area contributed by atoms with Crippen molar-refractivity contribution >= 4 is 28.9 Å². The highest BCUT2D eigenvalue weighted by atomic mass is 32.1. The molecule has 0 bridgehead atoms. The minimum Gasteiger partial charge on any atom is -0.478 e. The molecule has 2 rings (SSSR count). The molecule has 0 unspecified atom stereocenters. The number of rotatable bonds is 4. The minimum atomic E-state index is -0.942. The molecule has 0 saturated carbocycles. The zero-order valence-electron chi connectivity index (χ0n) is 12.7. The van der Waals surface area contributed by atoms with Gasteiger partial charge in [-0.05, 0) is 55.5 Å². The van der Waals surface area contributed by atoms with Gasteiger partial charge in [-0.25, -0.2) is 8.78 Å². The second kappa shape index (κ2) is 8.21. The van der Waals surface area contributed by atoms with Crippen LogP contribution in [0.3, 0.4) is 0 Å². The molecule has 0 spiro atoms. The highest BCUT2D eigenvalue weighted by Crippen LogP contribution is 2.16. The Balaban J connectivity index is 1.80. The Labute approximate surface area is 143 Å². The first-order valence-corrected chi connectivity index (χ1v) is 7.40. The second-order valence-electron chi connectivity index (χ2n) is 4.77. The SMILES string of the molecule is C[C@H](Oc1ccccc1F)C(=O)NNC(=S)Nc1ccc(F)cc1. The number of hydrogen-bond acceptors (Lipinski definition) is 3. The van der Waals surface area contributed by atoms with E-state index in [2.05, 4.69) is 16.2 Å². The van der Waals surface area contributed by atoms with E-state index in [9.17, 15) is 13.6 Å². The summed E-state index contributed by atoms with van der Waals surface area (Å²) in [5, 5.41) is 2.87. The molecular weight excluding hydrogens is 336 g/mol. The van der Waals surface area contributed by atoms with Gasteiger partial charge in [0.25, 0.3) is 5.91 Å². The molecule has 126 valence electrons. The summed E-state index contributed by atoms with van der Waals surface area (Å²) in [6.45, 7) is 1.47. The van der Waals surface area contributed by atoms with Gasteiger partial charge in [0.2, 0.25) is 0 Å². The van der Waals surface area contributed by atoms with Crippen LogP contribution in [0.5, 0.6) is 5.75 Å². The first-order chi connectivity index (χ1) is 11.5. The van der Waals surface area contributed by atoms with Gasteiger partial charge in [-0.2, -0.15) is 0 Å². The van der Waals surface area contributed by atoms with Crippen LogP contribution in [0.1, 0.15) is 6.92 Å². The Hall–Kier alpha value is -2.74. The lowest BCUT2D eigenvalue weighted by Gasteiger charge is -2.16. The van der Waals surface area contributed by atoms with Crippen LogP contribution in [-0.2, 0) is 4.79 Å². The maximum absolute atomic E-state index is 13.5. The summed E-state index contributed by atoms with van der Waals surface area (Å²) in [4.78, 5) is 11.9. The van der Waals surface area contributed by atoms with Crippen LogP contribution in [-0.4, -0.2) is 17.1 Å². The lowest BCUT2D eigenvalue weighted by Crippen LogP contribution is -2.48. The van der Waals surface area contributed by atoms with E-state index in [4.69, 9.17) is 17.0 Å². The number of amides is 1. The van der Waals surface area contributed by atoms with Crippen LogP contribution >= 0.6 is 12.2 Å². The summed E-state index contributed by atoms with van der Waals surface area (Å²) in [5.41, 5.74) is 5.37. The lowest BCUT2D eigenvalue weighted by atomic mass is 10.3. The highest BCUT2D eigenvalue weighted by molar-refractivity contribution is 7.80. The summed E-state index contributed by atoms with van der Waals surface area (Å²) in [7, 11) is 0. The van der Waals surface area contributed by atoms with Gasteiger partial charge in [-0.15, -0.1) is 0 Å². The zero-order valence-corrected chi connectivity index (χ0v) is 13.5. The maximum atomic E-state index is 13.5. The number of hydrogen-bond donors (Lipinski definition) is 3. The minimum absolute atomic E-state index is 0.0211. The van der Waals surface area contributed by atoms with Crippen molar-refractivity contribution in [2.24, 2.45) is 0 Å². The Morgan fingerprint density at radius 3 is 2.42 bits per heavy atom. The Morgan fingerprint density at radius 2 is 1.75 bits per heavy atom. The van der Waals surface area contributed by atoms with Gasteiger partial charge in [-0.1, -0.05) is 12.1 Å². The summed E-state index contributed by atoms with van der Waals surface area (Å²) in [6, 6.07) is 11.3. The van der Waals surface area contributed by atoms with E-state index in [-0.39, 0.29) is 16.7 Å². The van der Waals surface area contributed by atoms with Crippen molar-refractivity contribution in [3.05, 3.63) is 60.2 Å². The molecule has 5 nitrogen and oxygen atoms in total. The quantitative estimate of drug-likeness (QED) is 0.584. The first-order valence-electron chi connectivity index (χ1n) is 6.99. The molecule has 2 aromatic rings. The van der Waals surface area contributed by atoms with Crippen molar-refractivity contribution in [1.82, 2.24) is 10.9 Å². The topological polar surface area (TPSA) is 62.4 Å². The predicted octanol–water partition coefficient (Wildman–Crippen LogP) is 2.75. The number of halogens is 2. The number of benzene rings is 2. The van der Waals surface area contributed by atoms with Crippen LogP contribution < -0.4 is 20.9 Å². The van der Waals surface area contributed by atoms with Gasteiger partial charge in [0.15, 0.2) is 22.8 Å². The number of carbonyl (C=O) groups is 1. The van der Waals surface area contributed by atoms with E-state index >= 15 is 0 Å². The van der Waals surface area contributed by atoms with Gasteiger partial charge < -0.3 is 10.1 Å². The molecule has 8 heteroatoms. The smallest absolute Gasteiger partial charge is 0.279 e. The van der Waals surface area contributed by atoms with Crippen LogP contribution in [0.25, 0.3) is 0 Å². The monoisotopic (exact) mass is 351 g/mol. The fourth-order valence-corrected chi connectivity index (χ4v) is 1.87. The molecule has 0 aliphatic carbocycles. The molecule has 2 aromatic carbocycles. The fourth-order valence-electron chi connectivity index (χ4n) is 1.70. The average molecular weight is 351 g/mol. The maximum Gasteiger partial charge on any atom is 0.279 e. The third-order valence-corrected chi connectivity index (χ3v) is 3.12. The Morgan fingerprint density at radius 1 is 1.08 bits per heavy atom. The van der Waals surface area contributed by atoms with E-state index in [1.165, 1.54) is 49.4 Å². The zero-order chi connectivity index (χ0) is 17.5. The van der Waals surface area contributed by atoms with E-state index in [0.717, 1.165) is 0 Å². The Bertz CT molecular complexity index is 726. The second-order valence-corrected chi connectivity index (χ2v) is 5.17. The fraction of sp³-hybridized carbons (Fsp3) is 0.125. The van der Waals surface area contributed by atoms with Gasteiger partial charge in [0, 0.05) is 5.69 Å². The largest absolute Gasteiger partial charge is 0.478 e. The van der Waals surface area contributed by atoms with Crippen molar-refractivity contribution in [1.29, 1.82) is 0 Å². The standard InChI is InChI=1S/C16H15F2N3O2S/c1-10(23-14-5-3-2-4-13(14)18)15(22)20-21-16(24)19-12-8-6-11(17)7-9-12/h2-10H,1H3,(H,20,22)(H2,19,21,24)/t10-/m0/s1. The summed E-state index contributed by atoms with van der Waals surface area (Å²) >= 11 is 4.99. The Kier molecular flexibility index (Phi) is 6.02. The average Bonchev–Trinajstić information content (AvgIpc) is 2.56. The number of hydrazine groups is 1. The van der Waals surface area contributed by atoms with E-state index in [1.807, 2.05) is 0 Å². The van der Waals surface area contributed by atoms with Crippen molar-refractivity contribution < 1.29 is 18.3 Å². The predicted molar refractivity (Wildman–Crippen MR) is 90.4 cm³/mol. The van der Waals surface area contributed by atoms with Gasteiger partial charge in [0.1, 0.15) is 5.82 Å². The molecule has 1 amide bonds. The number of carbonyl (C=O) groups excluding carboxylic acids is 1. The molecule has 3 N–H and O–H groups in total. The normalized spacial score (nSPS) is 11.3. The van der Waals surface area contributed by atoms with Gasteiger partial charge >= 0.3 is 0 Å².